The molecule has 1 aliphatic rings. The first-order valence-corrected chi connectivity index (χ1v) is 9.16. The lowest BCUT2D eigenvalue weighted by Crippen LogP contribution is -2.25. The zero-order chi connectivity index (χ0) is 17.2. The summed E-state index contributed by atoms with van der Waals surface area (Å²) < 4.78 is 30.5. The molecule has 0 bridgehead atoms. The van der Waals surface area contributed by atoms with Gasteiger partial charge in [-0.3, -0.25) is 9.10 Å². The molecule has 1 N–H and O–H groups in total. The Balaban J connectivity index is 1.82. The number of carbonyl (C=O) groups excluding carboxylic acids is 1. The monoisotopic (exact) mass is 346 g/mol. The number of amides is 1. The van der Waals surface area contributed by atoms with Gasteiger partial charge in [0.15, 0.2) is 0 Å². The predicted molar refractivity (Wildman–Crippen MR) is 93.1 cm³/mol. The third-order valence-corrected chi connectivity index (χ3v) is 5.69. The lowest BCUT2D eigenvalue weighted by Gasteiger charge is -2.17. The van der Waals surface area contributed by atoms with Gasteiger partial charge in [-0.05, 0) is 36.8 Å². The fourth-order valence-corrected chi connectivity index (χ4v) is 4.19. The van der Waals surface area contributed by atoms with Crippen molar-refractivity contribution in [3.05, 3.63) is 54.1 Å². The first-order chi connectivity index (χ1) is 11.5. The Bertz CT molecular complexity index is 864. The summed E-state index contributed by atoms with van der Waals surface area (Å²) in [7, 11) is -1.71. The molecule has 24 heavy (non-hydrogen) atoms. The van der Waals surface area contributed by atoms with Gasteiger partial charge in [-0.1, -0.05) is 12.1 Å². The minimum absolute atomic E-state index is 0.146. The number of hydrogen-bond acceptors (Lipinski definition) is 4. The number of sulfonamides is 1. The number of hydrogen-bond donors (Lipinski definition) is 1. The third kappa shape index (κ3) is 3.35. The molecule has 6 nitrogen and oxygen atoms in total. The zero-order valence-electron chi connectivity index (χ0n) is 13.2. The SMILES string of the molecule is COc1cccc(NC(=O)c2cccc(N3CCCS3(=O)=O)c2)c1. The average molecular weight is 346 g/mol. The lowest BCUT2D eigenvalue weighted by molar-refractivity contribution is 0.102. The van der Waals surface area contributed by atoms with E-state index in [4.69, 9.17) is 4.74 Å². The van der Waals surface area contributed by atoms with Gasteiger partial charge in [0.25, 0.3) is 5.91 Å². The number of rotatable bonds is 4. The molecular weight excluding hydrogens is 328 g/mol. The van der Waals surface area contributed by atoms with Crippen LogP contribution in [0.1, 0.15) is 16.8 Å². The van der Waals surface area contributed by atoms with Crippen LogP contribution in [-0.4, -0.2) is 33.7 Å². The molecule has 0 unspecified atom stereocenters. The quantitative estimate of drug-likeness (QED) is 0.923. The van der Waals surface area contributed by atoms with Crippen LogP contribution >= 0.6 is 0 Å². The van der Waals surface area contributed by atoms with E-state index in [1.807, 2.05) is 0 Å². The smallest absolute Gasteiger partial charge is 0.255 e. The molecule has 1 amide bonds. The van der Waals surface area contributed by atoms with Crippen LogP contribution in [0, 0.1) is 0 Å². The number of methoxy groups -OCH3 is 1. The number of ether oxygens (including phenoxy) is 1. The largest absolute Gasteiger partial charge is 0.497 e. The highest BCUT2D eigenvalue weighted by Crippen LogP contribution is 2.25. The van der Waals surface area contributed by atoms with Crippen LogP contribution in [0.4, 0.5) is 11.4 Å². The van der Waals surface area contributed by atoms with Crippen molar-refractivity contribution < 1.29 is 17.9 Å². The molecule has 1 fully saturated rings. The molecule has 0 aliphatic carbocycles. The summed E-state index contributed by atoms with van der Waals surface area (Å²) >= 11 is 0. The van der Waals surface area contributed by atoms with Crippen molar-refractivity contribution in [2.45, 2.75) is 6.42 Å². The summed E-state index contributed by atoms with van der Waals surface area (Å²) in [6.45, 7) is 0.448. The van der Waals surface area contributed by atoms with Crippen molar-refractivity contribution in [2.24, 2.45) is 0 Å². The second-order valence-electron chi connectivity index (χ2n) is 5.48. The highest BCUT2D eigenvalue weighted by atomic mass is 32.2. The maximum Gasteiger partial charge on any atom is 0.255 e. The molecule has 1 saturated heterocycles. The Morgan fingerprint density at radius 1 is 1.17 bits per heavy atom. The first-order valence-electron chi connectivity index (χ1n) is 7.55. The van der Waals surface area contributed by atoms with Crippen molar-refractivity contribution in [1.82, 2.24) is 0 Å². The van der Waals surface area contributed by atoms with E-state index in [2.05, 4.69) is 5.32 Å². The third-order valence-electron chi connectivity index (χ3n) is 3.82. The predicted octanol–water partition coefficient (Wildman–Crippen LogP) is 2.49. The summed E-state index contributed by atoms with van der Waals surface area (Å²) in [5.74, 6) is 0.485. The van der Waals surface area contributed by atoms with E-state index in [0.29, 0.717) is 35.7 Å². The van der Waals surface area contributed by atoms with Gasteiger partial charge >= 0.3 is 0 Å². The summed E-state index contributed by atoms with van der Waals surface area (Å²) in [6, 6.07) is 13.7. The standard InChI is InChI=1S/C17H18N2O4S/c1-23-16-8-3-6-14(12-16)18-17(20)13-5-2-7-15(11-13)19-9-4-10-24(19,21)22/h2-3,5-8,11-12H,4,9-10H2,1H3,(H,18,20). The highest BCUT2D eigenvalue weighted by molar-refractivity contribution is 7.93. The molecule has 0 aromatic heterocycles. The molecule has 1 heterocycles. The lowest BCUT2D eigenvalue weighted by atomic mass is 10.1. The van der Waals surface area contributed by atoms with Crippen LogP contribution in [0.5, 0.6) is 5.75 Å². The molecule has 2 aromatic carbocycles. The van der Waals surface area contributed by atoms with Crippen molar-refractivity contribution >= 4 is 27.3 Å². The van der Waals surface area contributed by atoms with Gasteiger partial charge < -0.3 is 10.1 Å². The number of anilines is 2. The van der Waals surface area contributed by atoms with E-state index in [9.17, 15) is 13.2 Å². The second-order valence-corrected chi connectivity index (χ2v) is 7.49. The van der Waals surface area contributed by atoms with Gasteiger partial charge in [-0.15, -0.1) is 0 Å². The van der Waals surface area contributed by atoms with Crippen LogP contribution in [0.15, 0.2) is 48.5 Å². The fraction of sp³-hybridized carbons (Fsp3) is 0.235. The van der Waals surface area contributed by atoms with Crippen LogP contribution in [0.3, 0.4) is 0 Å². The Labute approximate surface area is 141 Å². The van der Waals surface area contributed by atoms with Crippen molar-refractivity contribution in [2.75, 3.05) is 29.0 Å². The van der Waals surface area contributed by atoms with Crippen molar-refractivity contribution in [3.63, 3.8) is 0 Å². The summed E-state index contributed by atoms with van der Waals surface area (Å²) in [4.78, 5) is 12.4. The number of nitrogens with one attached hydrogen (secondary N) is 1. The molecule has 2 aromatic rings. The van der Waals surface area contributed by atoms with E-state index in [1.54, 1.807) is 55.6 Å². The maximum atomic E-state index is 12.4. The Morgan fingerprint density at radius 3 is 2.67 bits per heavy atom. The second kappa shape index (κ2) is 6.52. The van der Waals surface area contributed by atoms with Gasteiger partial charge in [0.2, 0.25) is 10.0 Å². The topological polar surface area (TPSA) is 75.7 Å². The van der Waals surface area contributed by atoms with E-state index in [0.717, 1.165) is 0 Å². The molecule has 7 heteroatoms. The van der Waals surface area contributed by atoms with Gasteiger partial charge in [0, 0.05) is 23.9 Å². The Hall–Kier alpha value is -2.54. The van der Waals surface area contributed by atoms with E-state index in [1.165, 1.54) is 4.31 Å². The van der Waals surface area contributed by atoms with Crippen LogP contribution in [-0.2, 0) is 10.0 Å². The number of carbonyl (C=O) groups is 1. The number of nitrogens with zero attached hydrogens (tertiary/aromatic N) is 1. The normalized spacial score (nSPS) is 16.0. The van der Waals surface area contributed by atoms with Gasteiger partial charge in [-0.25, -0.2) is 8.42 Å². The minimum atomic E-state index is -3.27. The maximum absolute atomic E-state index is 12.4. The molecule has 0 atom stereocenters. The molecule has 126 valence electrons. The summed E-state index contributed by atoms with van der Waals surface area (Å²) in [6.07, 6.45) is 0.600. The minimum Gasteiger partial charge on any atom is -0.497 e. The van der Waals surface area contributed by atoms with E-state index in [-0.39, 0.29) is 11.7 Å². The molecule has 1 aliphatic heterocycles. The molecule has 0 radical (unpaired) electrons. The van der Waals surface area contributed by atoms with Gasteiger partial charge in [-0.2, -0.15) is 0 Å². The Morgan fingerprint density at radius 2 is 1.96 bits per heavy atom. The summed E-state index contributed by atoms with van der Waals surface area (Å²) in [5.41, 5.74) is 1.53. The van der Waals surface area contributed by atoms with E-state index >= 15 is 0 Å². The van der Waals surface area contributed by atoms with Gasteiger partial charge in [0.1, 0.15) is 5.75 Å². The fourth-order valence-electron chi connectivity index (χ4n) is 2.64. The number of benzene rings is 2. The first kappa shape index (κ1) is 16.3. The van der Waals surface area contributed by atoms with E-state index < -0.39 is 10.0 Å². The van der Waals surface area contributed by atoms with Crippen LogP contribution in [0.2, 0.25) is 0 Å². The van der Waals surface area contributed by atoms with Crippen molar-refractivity contribution in [3.8, 4) is 5.75 Å². The molecule has 0 spiro atoms. The highest BCUT2D eigenvalue weighted by Gasteiger charge is 2.28. The molecular formula is C17H18N2O4S. The molecule has 0 saturated carbocycles. The van der Waals surface area contributed by atoms with Gasteiger partial charge in [0.05, 0.1) is 18.6 Å². The van der Waals surface area contributed by atoms with Crippen LogP contribution < -0.4 is 14.4 Å². The van der Waals surface area contributed by atoms with Crippen molar-refractivity contribution in [1.29, 1.82) is 0 Å². The Kier molecular flexibility index (Phi) is 4.44. The van der Waals surface area contributed by atoms with Crippen LogP contribution in [0.25, 0.3) is 0 Å². The average Bonchev–Trinajstić information content (AvgIpc) is 2.94. The zero-order valence-corrected chi connectivity index (χ0v) is 14.0. The molecule has 3 rings (SSSR count). The summed E-state index contributed by atoms with van der Waals surface area (Å²) in [5, 5.41) is 2.78.